The molecule has 2 amide bonds. The number of carbonyl (C=O) groups excluding carboxylic acids is 4. The van der Waals surface area contributed by atoms with E-state index in [4.69, 9.17) is 4.74 Å². The van der Waals surface area contributed by atoms with Crippen LogP contribution in [0.4, 0.5) is 5.69 Å². The zero-order valence-electron chi connectivity index (χ0n) is 15.8. The number of nitrogens with zero attached hydrogens (tertiary/aromatic N) is 1. The average molecular weight is 382 g/mol. The van der Waals surface area contributed by atoms with Crippen LogP contribution in [-0.2, 0) is 9.53 Å². The second-order valence-corrected chi connectivity index (χ2v) is 5.92. The summed E-state index contributed by atoms with van der Waals surface area (Å²) in [4.78, 5) is 48.7. The summed E-state index contributed by atoms with van der Waals surface area (Å²) >= 11 is 0. The maximum absolute atomic E-state index is 12.4. The molecule has 2 aromatic rings. The van der Waals surface area contributed by atoms with Crippen molar-refractivity contribution in [2.45, 2.75) is 13.8 Å². The molecule has 7 nitrogen and oxygen atoms in total. The number of hydrogen-bond donors (Lipinski definition) is 1. The van der Waals surface area contributed by atoms with Crippen molar-refractivity contribution in [1.82, 2.24) is 4.90 Å². The third kappa shape index (κ3) is 5.51. The van der Waals surface area contributed by atoms with E-state index in [2.05, 4.69) is 5.32 Å². The Bertz CT molecular complexity index is 857. The highest BCUT2D eigenvalue weighted by molar-refractivity contribution is 5.98. The standard InChI is InChI=1S/C21H22N2O5/c1-3-23(4-2)20(26)17-6-5-7-18(12-17)22-19(25)14-28-21(27)16-10-8-15(13-24)9-11-16/h5-13H,3-4,14H2,1-2H3,(H,22,25). The minimum absolute atomic E-state index is 0.119. The molecule has 0 saturated heterocycles. The summed E-state index contributed by atoms with van der Waals surface area (Å²) in [5.74, 6) is -1.31. The first-order chi connectivity index (χ1) is 13.5. The molecule has 0 aromatic heterocycles. The molecular formula is C21H22N2O5. The van der Waals surface area contributed by atoms with Crippen LogP contribution in [0.1, 0.15) is 44.9 Å². The Morgan fingerprint density at radius 1 is 1.00 bits per heavy atom. The number of ether oxygens (including phenoxy) is 1. The van der Waals surface area contributed by atoms with E-state index in [-0.39, 0.29) is 11.5 Å². The van der Waals surface area contributed by atoms with Crippen LogP contribution in [0.5, 0.6) is 0 Å². The Labute approximate surface area is 163 Å². The fraction of sp³-hybridized carbons (Fsp3) is 0.238. The Balaban J connectivity index is 1.93. The van der Waals surface area contributed by atoms with Gasteiger partial charge in [-0.2, -0.15) is 0 Å². The molecule has 0 bridgehead atoms. The third-order valence-corrected chi connectivity index (χ3v) is 4.06. The van der Waals surface area contributed by atoms with Crippen LogP contribution in [0.25, 0.3) is 0 Å². The van der Waals surface area contributed by atoms with E-state index in [0.717, 1.165) is 0 Å². The maximum Gasteiger partial charge on any atom is 0.338 e. The van der Waals surface area contributed by atoms with Crippen LogP contribution in [-0.4, -0.2) is 48.7 Å². The third-order valence-electron chi connectivity index (χ3n) is 4.06. The van der Waals surface area contributed by atoms with Gasteiger partial charge < -0.3 is 15.0 Å². The van der Waals surface area contributed by atoms with Gasteiger partial charge in [0, 0.05) is 29.9 Å². The molecular weight excluding hydrogens is 360 g/mol. The summed E-state index contributed by atoms with van der Waals surface area (Å²) in [6.45, 7) is 4.51. The van der Waals surface area contributed by atoms with E-state index < -0.39 is 18.5 Å². The predicted molar refractivity (Wildman–Crippen MR) is 104 cm³/mol. The fourth-order valence-electron chi connectivity index (χ4n) is 2.53. The molecule has 1 N–H and O–H groups in total. The summed E-state index contributed by atoms with van der Waals surface area (Å²) in [6.07, 6.45) is 0.668. The fourth-order valence-corrected chi connectivity index (χ4v) is 2.53. The molecule has 0 atom stereocenters. The van der Waals surface area contributed by atoms with E-state index in [1.165, 1.54) is 24.3 Å². The quantitative estimate of drug-likeness (QED) is 0.560. The zero-order valence-corrected chi connectivity index (χ0v) is 15.8. The molecule has 0 heterocycles. The van der Waals surface area contributed by atoms with Crippen molar-refractivity contribution in [1.29, 1.82) is 0 Å². The van der Waals surface area contributed by atoms with Crippen LogP contribution in [0, 0.1) is 0 Å². The lowest BCUT2D eigenvalue weighted by Gasteiger charge is -2.19. The second-order valence-electron chi connectivity index (χ2n) is 5.92. The molecule has 0 aliphatic carbocycles. The van der Waals surface area contributed by atoms with Crippen LogP contribution < -0.4 is 5.32 Å². The summed E-state index contributed by atoms with van der Waals surface area (Å²) in [5, 5.41) is 2.60. The van der Waals surface area contributed by atoms with Gasteiger partial charge in [0.05, 0.1) is 5.56 Å². The van der Waals surface area contributed by atoms with Gasteiger partial charge in [0.15, 0.2) is 6.61 Å². The highest BCUT2D eigenvalue weighted by Crippen LogP contribution is 2.13. The molecule has 0 saturated carbocycles. The molecule has 0 unspecified atom stereocenters. The van der Waals surface area contributed by atoms with Gasteiger partial charge in [-0.25, -0.2) is 4.79 Å². The number of esters is 1. The summed E-state index contributed by atoms with van der Waals surface area (Å²) in [5.41, 5.74) is 1.59. The van der Waals surface area contributed by atoms with Crippen molar-refractivity contribution in [3.8, 4) is 0 Å². The first-order valence-electron chi connectivity index (χ1n) is 8.90. The highest BCUT2D eigenvalue weighted by Gasteiger charge is 2.14. The van der Waals surface area contributed by atoms with E-state index in [1.807, 2.05) is 13.8 Å². The minimum atomic E-state index is -0.668. The van der Waals surface area contributed by atoms with Gasteiger partial charge >= 0.3 is 5.97 Å². The molecule has 2 aromatic carbocycles. The monoisotopic (exact) mass is 382 g/mol. The molecule has 146 valence electrons. The van der Waals surface area contributed by atoms with Gasteiger partial charge in [0.2, 0.25) is 0 Å². The van der Waals surface area contributed by atoms with Crippen molar-refractivity contribution < 1.29 is 23.9 Å². The van der Waals surface area contributed by atoms with Crippen molar-refractivity contribution >= 4 is 29.8 Å². The normalized spacial score (nSPS) is 10.1. The number of nitrogens with one attached hydrogen (secondary N) is 1. The Morgan fingerprint density at radius 2 is 1.68 bits per heavy atom. The second kappa shape index (κ2) is 10.0. The Kier molecular flexibility index (Phi) is 7.45. The summed E-state index contributed by atoms with van der Waals surface area (Å²) in [7, 11) is 0. The van der Waals surface area contributed by atoms with E-state index >= 15 is 0 Å². The average Bonchev–Trinajstić information content (AvgIpc) is 2.73. The molecule has 0 spiro atoms. The lowest BCUT2D eigenvalue weighted by molar-refractivity contribution is -0.119. The van der Waals surface area contributed by atoms with Crippen molar-refractivity contribution in [3.63, 3.8) is 0 Å². The van der Waals surface area contributed by atoms with Gasteiger partial charge in [0.25, 0.3) is 11.8 Å². The first kappa shape index (κ1) is 20.8. The number of hydrogen-bond acceptors (Lipinski definition) is 5. The smallest absolute Gasteiger partial charge is 0.338 e. The van der Waals surface area contributed by atoms with Gasteiger partial charge in [-0.05, 0) is 44.2 Å². The van der Waals surface area contributed by atoms with Crippen LogP contribution >= 0.6 is 0 Å². The maximum atomic E-state index is 12.4. The topological polar surface area (TPSA) is 92.8 Å². The summed E-state index contributed by atoms with van der Waals surface area (Å²) in [6, 6.07) is 12.5. The number of benzene rings is 2. The van der Waals surface area contributed by atoms with E-state index in [1.54, 1.807) is 29.2 Å². The number of carbonyl (C=O) groups is 4. The van der Waals surface area contributed by atoms with Crippen LogP contribution in [0.3, 0.4) is 0 Å². The molecule has 0 fully saturated rings. The van der Waals surface area contributed by atoms with Crippen molar-refractivity contribution in [2.24, 2.45) is 0 Å². The van der Waals surface area contributed by atoms with Gasteiger partial charge in [0.1, 0.15) is 6.29 Å². The summed E-state index contributed by atoms with van der Waals surface area (Å²) < 4.78 is 4.97. The number of anilines is 1. The van der Waals surface area contributed by atoms with E-state index in [0.29, 0.717) is 36.2 Å². The van der Waals surface area contributed by atoms with Gasteiger partial charge in [-0.1, -0.05) is 18.2 Å². The number of rotatable bonds is 8. The largest absolute Gasteiger partial charge is 0.452 e. The zero-order chi connectivity index (χ0) is 20.5. The van der Waals surface area contributed by atoms with Gasteiger partial charge in [-0.15, -0.1) is 0 Å². The lowest BCUT2D eigenvalue weighted by Crippen LogP contribution is -2.30. The predicted octanol–water partition coefficient (Wildman–Crippen LogP) is 2.78. The van der Waals surface area contributed by atoms with Gasteiger partial charge in [-0.3, -0.25) is 14.4 Å². The highest BCUT2D eigenvalue weighted by atomic mass is 16.5. The molecule has 0 aliphatic rings. The van der Waals surface area contributed by atoms with E-state index in [9.17, 15) is 19.2 Å². The minimum Gasteiger partial charge on any atom is -0.452 e. The van der Waals surface area contributed by atoms with Crippen molar-refractivity contribution in [3.05, 3.63) is 65.2 Å². The number of aldehydes is 1. The number of amides is 2. The Hall–Kier alpha value is -3.48. The SMILES string of the molecule is CCN(CC)C(=O)c1cccc(NC(=O)COC(=O)c2ccc(C=O)cc2)c1. The Morgan fingerprint density at radius 3 is 2.29 bits per heavy atom. The first-order valence-corrected chi connectivity index (χ1v) is 8.90. The molecule has 7 heteroatoms. The van der Waals surface area contributed by atoms with Crippen LogP contribution in [0.15, 0.2) is 48.5 Å². The molecule has 2 rings (SSSR count). The lowest BCUT2D eigenvalue weighted by atomic mass is 10.1. The van der Waals surface area contributed by atoms with Crippen LogP contribution in [0.2, 0.25) is 0 Å². The molecule has 0 radical (unpaired) electrons. The molecule has 0 aliphatic heterocycles. The van der Waals surface area contributed by atoms with Crippen molar-refractivity contribution in [2.75, 3.05) is 25.0 Å². The molecule has 28 heavy (non-hydrogen) atoms.